The third-order valence-electron chi connectivity index (χ3n) is 6.14. The Morgan fingerprint density at radius 3 is 2.54 bits per heavy atom. The topological polar surface area (TPSA) is 86.1 Å². The fourth-order valence-corrected chi connectivity index (χ4v) is 5.43. The molecule has 5 rings (SSSR count). The van der Waals surface area contributed by atoms with E-state index in [0.717, 1.165) is 18.2 Å². The van der Waals surface area contributed by atoms with E-state index < -0.39 is 27.7 Å². The zero-order valence-electron chi connectivity index (χ0n) is 19.3. The van der Waals surface area contributed by atoms with Crippen LogP contribution in [0.5, 0.6) is 5.75 Å². The zero-order chi connectivity index (χ0) is 26.4. The summed E-state index contributed by atoms with van der Waals surface area (Å²) in [7, 11) is -2.46. The Labute approximate surface area is 209 Å². The molecule has 4 aromatic rings. The highest BCUT2D eigenvalue weighted by Crippen LogP contribution is 2.44. The predicted molar refractivity (Wildman–Crippen MR) is 127 cm³/mol. The van der Waals surface area contributed by atoms with Crippen LogP contribution in [0.2, 0.25) is 0 Å². The fourth-order valence-electron chi connectivity index (χ4n) is 4.42. The van der Waals surface area contributed by atoms with Crippen molar-refractivity contribution in [2.75, 3.05) is 11.3 Å². The van der Waals surface area contributed by atoms with Gasteiger partial charge >= 0.3 is 6.18 Å². The van der Waals surface area contributed by atoms with Crippen LogP contribution >= 0.6 is 0 Å². The van der Waals surface area contributed by atoms with Crippen LogP contribution in [-0.2, 0) is 23.2 Å². The maximum atomic E-state index is 13.5. The number of pyridine rings is 1. The summed E-state index contributed by atoms with van der Waals surface area (Å²) in [5.41, 5.74) is 1.39. The highest BCUT2D eigenvalue weighted by atomic mass is 32.2. The van der Waals surface area contributed by atoms with Crippen molar-refractivity contribution in [3.63, 3.8) is 0 Å². The van der Waals surface area contributed by atoms with Crippen molar-refractivity contribution in [2.45, 2.75) is 23.4 Å². The minimum atomic E-state index is -4.52. The standard InChI is InChI=1S/C25H20F4N4O3S/c1-33-21(9-11-30-33)20-13-15(25(27,28)29)5-7-17(20)18-10-12-36-22-14-16(6-8-19(18)22)37(34,35)32-24-4-2-3-23(26)31-24/h2-9,11,13-14,18H,10,12H2,1H3,(H,31,32)/t18-/m1/s1. The fraction of sp³-hybridized carbons (Fsp3) is 0.200. The number of aryl methyl sites for hydroxylation is 1. The van der Waals surface area contributed by atoms with Crippen molar-refractivity contribution in [2.24, 2.45) is 7.05 Å². The highest BCUT2D eigenvalue weighted by Gasteiger charge is 2.33. The second-order valence-electron chi connectivity index (χ2n) is 8.48. The van der Waals surface area contributed by atoms with Gasteiger partial charge in [-0.15, -0.1) is 0 Å². The van der Waals surface area contributed by atoms with Crippen LogP contribution in [0.1, 0.15) is 29.0 Å². The summed E-state index contributed by atoms with van der Waals surface area (Å²) in [6.45, 7) is 0.228. The number of aromatic nitrogens is 3. The molecule has 0 fully saturated rings. The molecule has 7 nitrogen and oxygen atoms in total. The van der Waals surface area contributed by atoms with Crippen molar-refractivity contribution in [1.29, 1.82) is 0 Å². The van der Waals surface area contributed by atoms with E-state index in [-0.39, 0.29) is 23.2 Å². The summed E-state index contributed by atoms with van der Waals surface area (Å²) in [4.78, 5) is 3.39. The first-order valence-corrected chi connectivity index (χ1v) is 12.6. The SMILES string of the molecule is Cn1nccc1-c1cc(C(F)(F)F)ccc1[C@H]1CCOc2cc(S(=O)(=O)Nc3cccc(F)n3)ccc21. The molecule has 0 radical (unpaired) electrons. The monoisotopic (exact) mass is 532 g/mol. The predicted octanol–water partition coefficient (Wildman–Crippen LogP) is 5.36. The number of nitrogens with one attached hydrogen (secondary N) is 1. The molecule has 1 aliphatic heterocycles. The largest absolute Gasteiger partial charge is 0.493 e. The van der Waals surface area contributed by atoms with Gasteiger partial charge in [0.05, 0.1) is 22.8 Å². The number of halogens is 4. The Bertz CT molecular complexity index is 1590. The van der Waals surface area contributed by atoms with Crippen LogP contribution in [0, 0.1) is 5.95 Å². The summed E-state index contributed by atoms with van der Waals surface area (Å²) < 4.78 is 89.2. The number of hydrogen-bond donors (Lipinski definition) is 1. The zero-order valence-corrected chi connectivity index (χ0v) is 20.1. The van der Waals surface area contributed by atoms with Gasteiger partial charge in [0.25, 0.3) is 10.0 Å². The molecule has 192 valence electrons. The second-order valence-corrected chi connectivity index (χ2v) is 10.2. The van der Waals surface area contributed by atoms with Gasteiger partial charge in [0.1, 0.15) is 11.6 Å². The van der Waals surface area contributed by atoms with E-state index in [4.69, 9.17) is 4.74 Å². The average Bonchev–Trinajstić information content (AvgIpc) is 3.27. The van der Waals surface area contributed by atoms with Crippen molar-refractivity contribution in [3.8, 4) is 17.0 Å². The lowest BCUT2D eigenvalue weighted by atomic mass is 9.83. The second kappa shape index (κ2) is 9.18. The van der Waals surface area contributed by atoms with E-state index in [1.54, 1.807) is 19.2 Å². The Kier molecular flexibility index (Phi) is 6.14. The molecule has 0 bridgehead atoms. The first-order chi connectivity index (χ1) is 17.5. The molecule has 1 N–H and O–H groups in total. The van der Waals surface area contributed by atoms with E-state index in [1.165, 1.54) is 41.2 Å². The van der Waals surface area contributed by atoms with Gasteiger partial charge in [-0.2, -0.15) is 22.7 Å². The number of anilines is 1. The molecule has 3 heterocycles. The number of sulfonamides is 1. The molecule has 0 aliphatic carbocycles. The third-order valence-corrected chi connectivity index (χ3v) is 7.49. The summed E-state index contributed by atoms with van der Waals surface area (Å²) in [5, 5.41) is 4.10. The number of ether oxygens (including phenoxy) is 1. The van der Waals surface area contributed by atoms with E-state index in [1.807, 2.05) is 0 Å². The van der Waals surface area contributed by atoms with Crippen molar-refractivity contribution in [3.05, 3.63) is 89.5 Å². The number of rotatable bonds is 5. The van der Waals surface area contributed by atoms with Crippen molar-refractivity contribution >= 4 is 15.8 Å². The minimum absolute atomic E-state index is 0.128. The van der Waals surface area contributed by atoms with Crippen LogP contribution in [-0.4, -0.2) is 29.8 Å². The molecule has 1 atom stereocenters. The molecule has 0 spiro atoms. The van der Waals surface area contributed by atoms with E-state index in [2.05, 4.69) is 14.8 Å². The molecule has 0 unspecified atom stereocenters. The van der Waals surface area contributed by atoms with Gasteiger partial charge in [-0.25, -0.2) is 13.4 Å². The maximum Gasteiger partial charge on any atom is 0.416 e. The molecule has 0 amide bonds. The van der Waals surface area contributed by atoms with Gasteiger partial charge in [0.15, 0.2) is 0 Å². The molecule has 0 saturated heterocycles. The molecule has 1 aliphatic rings. The lowest BCUT2D eigenvalue weighted by molar-refractivity contribution is -0.137. The van der Waals surface area contributed by atoms with Gasteiger partial charge in [-0.3, -0.25) is 9.40 Å². The van der Waals surface area contributed by atoms with Crippen LogP contribution in [0.4, 0.5) is 23.4 Å². The van der Waals surface area contributed by atoms with Crippen molar-refractivity contribution < 1.29 is 30.7 Å². The Morgan fingerprint density at radius 1 is 1.05 bits per heavy atom. The lowest BCUT2D eigenvalue weighted by Crippen LogP contribution is -2.19. The quantitative estimate of drug-likeness (QED) is 0.277. The number of nitrogens with zero attached hydrogens (tertiary/aromatic N) is 3. The average molecular weight is 533 g/mol. The first-order valence-electron chi connectivity index (χ1n) is 11.1. The summed E-state index contributed by atoms with van der Waals surface area (Å²) >= 11 is 0. The summed E-state index contributed by atoms with van der Waals surface area (Å²) in [6.07, 6.45) is -2.54. The van der Waals surface area contributed by atoms with Crippen molar-refractivity contribution in [1.82, 2.24) is 14.8 Å². The normalized spacial score (nSPS) is 15.6. The lowest BCUT2D eigenvalue weighted by Gasteiger charge is -2.28. The Morgan fingerprint density at radius 2 is 1.84 bits per heavy atom. The van der Waals surface area contributed by atoms with Gasteiger partial charge in [-0.05, 0) is 48.4 Å². The first kappa shape index (κ1) is 24.8. The maximum absolute atomic E-state index is 13.5. The molecule has 37 heavy (non-hydrogen) atoms. The minimum Gasteiger partial charge on any atom is -0.493 e. The smallest absolute Gasteiger partial charge is 0.416 e. The number of fused-ring (bicyclic) bond motifs is 1. The number of benzene rings is 2. The Hall–Kier alpha value is -3.93. The molecule has 2 aromatic heterocycles. The molecule has 12 heteroatoms. The number of alkyl halides is 3. The summed E-state index contributed by atoms with van der Waals surface area (Å²) in [6, 6.07) is 13.3. The van der Waals surface area contributed by atoms with E-state index >= 15 is 0 Å². The van der Waals surface area contributed by atoms with E-state index in [0.29, 0.717) is 34.6 Å². The van der Waals surface area contributed by atoms with Crippen LogP contribution in [0.25, 0.3) is 11.3 Å². The third kappa shape index (κ3) is 4.88. The van der Waals surface area contributed by atoms with E-state index in [9.17, 15) is 26.0 Å². The summed E-state index contributed by atoms with van der Waals surface area (Å²) in [5.74, 6) is -1.08. The molecule has 0 saturated carbocycles. The Balaban J connectivity index is 1.55. The van der Waals surface area contributed by atoms with Crippen LogP contribution < -0.4 is 9.46 Å². The van der Waals surface area contributed by atoms with Gasteiger partial charge in [0, 0.05) is 36.4 Å². The molecular weight excluding hydrogens is 512 g/mol. The molecular formula is C25H20F4N4O3S. The van der Waals surface area contributed by atoms with Crippen LogP contribution in [0.3, 0.4) is 0 Å². The van der Waals surface area contributed by atoms with Crippen LogP contribution in [0.15, 0.2) is 71.8 Å². The van der Waals surface area contributed by atoms with Gasteiger partial charge < -0.3 is 4.74 Å². The number of hydrogen-bond acceptors (Lipinski definition) is 5. The van der Waals surface area contributed by atoms with Gasteiger partial charge in [-0.1, -0.05) is 18.2 Å². The highest BCUT2D eigenvalue weighted by molar-refractivity contribution is 7.92. The molecule has 2 aromatic carbocycles. The van der Waals surface area contributed by atoms with Gasteiger partial charge in [0.2, 0.25) is 5.95 Å².